The summed E-state index contributed by atoms with van der Waals surface area (Å²) in [6.45, 7) is 12.7. The first-order chi connectivity index (χ1) is 11.5. The molecule has 0 aliphatic heterocycles. The van der Waals surface area contributed by atoms with Gasteiger partial charge in [-0.05, 0) is 43.9 Å². The molecule has 0 saturated heterocycles. The van der Waals surface area contributed by atoms with E-state index in [1.807, 2.05) is 38.1 Å². The minimum atomic E-state index is -0.0278. The first kappa shape index (κ1) is 23.7. The fourth-order valence-corrected chi connectivity index (χ4v) is 2.03. The van der Waals surface area contributed by atoms with Crippen LogP contribution in [-0.4, -0.2) is 31.0 Å². The minimum Gasteiger partial charge on any atom is -0.357 e. The highest BCUT2D eigenvalue weighted by Crippen LogP contribution is 2.07. The molecule has 0 radical (unpaired) electrons. The molecule has 1 amide bonds. The molecule has 0 fully saturated rings. The Bertz CT molecular complexity index is 546. The first-order valence-electron chi connectivity index (χ1n) is 8.88. The lowest BCUT2D eigenvalue weighted by Crippen LogP contribution is -2.39. The molecule has 5 nitrogen and oxygen atoms in total. The van der Waals surface area contributed by atoms with Crippen LogP contribution < -0.4 is 16.0 Å². The van der Waals surface area contributed by atoms with E-state index in [1.54, 1.807) is 0 Å². The average Bonchev–Trinajstić information content (AvgIpc) is 2.57. The molecule has 0 heterocycles. The molecular weight excluding hydrogens is 427 g/mol. The molecule has 25 heavy (non-hydrogen) atoms. The maximum absolute atomic E-state index is 12.2. The molecule has 1 aromatic rings. The molecule has 0 saturated carbocycles. The van der Waals surface area contributed by atoms with Gasteiger partial charge in [-0.25, -0.2) is 4.99 Å². The van der Waals surface area contributed by atoms with E-state index in [2.05, 4.69) is 41.7 Å². The van der Waals surface area contributed by atoms with Crippen molar-refractivity contribution in [1.82, 2.24) is 16.0 Å². The molecule has 0 aromatic heterocycles. The van der Waals surface area contributed by atoms with Gasteiger partial charge in [-0.3, -0.25) is 4.79 Å². The van der Waals surface area contributed by atoms with E-state index in [-0.39, 0.29) is 35.9 Å². The zero-order chi connectivity index (χ0) is 17.9. The summed E-state index contributed by atoms with van der Waals surface area (Å²) in [5, 5.41) is 9.55. The number of nitrogens with zero attached hydrogens (tertiary/aromatic N) is 1. The van der Waals surface area contributed by atoms with Gasteiger partial charge in [0.25, 0.3) is 5.91 Å². The number of guanidine groups is 1. The zero-order valence-electron chi connectivity index (χ0n) is 16.1. The van der Waals surface area contributed by atoms with Crippen molar-refractivity contribution in [3.05, 3.63) is 35.4 Å². The molecule has 3 N–H and O–H groups in total. The molecule has 6 heteroatoms. The van der Waals surface area contributed by atoms with Crippen LogP contribution in [0.15, 0.2) is 29.3 Å². The Kier molecular flexibility index (Phi) is 12.3. The van der Waals surface area contributed by atoms with Crippen molar-refractivity contribution in [2.24, 2.45) is 10.9 Å². The number of carbonyl (C=O) groups is 1. The van der Waals surface area contributed by atoms with Crippen molar-refractivity contribution in [1.29, 1.82) is 0 Å². The van der Waals surface area contributed by atoms with Crippen LogP contribution in [0.25, 0.3) is 0 Å². The van der Waals surface area contributed by atoms with Gasteiger partial charge in [-0.15, -0.1) is 24.0 Å². The normalized spacial score (nSPS) is 12.3. The van der Waals surface area contributed by atoms with Crippen LogP contribution in [0.4, 0.5) is 0 Å². The predicted molar refractivity (Wildman–Crippen MR) is 117 cm³/mol. The van der Waals surface area contributed by atoms with Crippen LogP contribution in [0.5, 0.6) is 0 Å². The summed E-state index contributed by atoms with van der Waals surface area (Å²) >= 11 is 0. The van der Waals surface area contributed by atoms with E-state index >= 15 is 0 Å². The lowest BCUT2D eigenvalue weighted by atomic mass is 10.1. The molecular formula is C19H33IN4O. The van der Waals surface area contributed by atoms with E-state index in [9.17, 15) is 4.79 Å². The topological polar surface area (TPSA) is 65.5 Å². The summed E-state index contributed by atoms with van der Waals surface area (Å²) in [5.74, 6) is 1.34. The molecule has 0 bridgehead atoms. The summed E-state index contributed by atoms with van der Waals surface area (Å²) in [4.78, 5) is 16.8. The number of nitrogens with one attached hydrogen (secondary N) is 3. The molecule has 1 aromatic carbocycles. The molecule has 1 atom stereocenters. The average molecular weight is 460 g/mol. The van der Waals surface area contributed by atoms with Gasteiger partial charge in [0.2, 0.25) is 0 Å². The van der Waals surface area contributed by atoms with Gasteiger partial charge < -0.3 is 16.0 Å². The highest BCUT2D eigenvalue weighted by Gasteiger charge is 2.09. The number of benzene rings is 1. The Labute approximate surface area is 169 Å². The largest absolute Gasteiger partial charge is 0.357 e. The molecule has 0 aliphatic rings. The van der Waals surface area contributed by atoms with Crippen LogP contribution in [-0.2, 0) is 6.54 Å². The second-order valence-electron chi connectivity index (χ2n) is 6.45. The second kappa shape index (κ2) is 13.0. The van der Waals surface area contributed by atoms with Crippen LogP contribution in [0.1, 0.15) is 57.0 Å². The maximum atomic E-state index is 12.2. The SMILES string of the molecule is CCNC(=NCc1cccc(C(=O)NC(C)CC)c1)NCC(C)C.I. The monoisotopic (exact) mass is 460 g/mol. The fraction of sp³-hybridized carbons (Fsp3) is 0.579. The van der Waals surface area contributed by atoms with Crippen molar-refractivity contribution in [3.63, 3.8) is 0 Å². The van der Waals surface area contributed by atoms with Gasteiger partial charge in [-0.2, -0.15) is 0 Å². The Balaban J connectivity index is 0.00000576. The third kappa shape index (κ3) is 9.67. The number of rotatable bonds is 8. The smallest absolute Gasteiger partial charge is 0.251 e. The first-order valence-corrected chi connectivity index (χ1v) is 8.88. The second-order valence-corrected chi connectivity index (χ2v) is 6.45. The van der Waals surface area contributed by atoms with Crippen molar-refractivity contribution in [2.75, 3.05) is 13.1 Å². The number of amides is 1. The third-order valence-electron chi connectivity index (χ3n) is 3.62. The van der Waals surface area contributed by atoms with Crippen molar-refractivity contribution < 1.29 is 4.79 Å². The molecule has 0 spiro atoms. The lowest BCUT2D eigenvalue weighted by Gasteiger charge is -2.13. The highest BCUT2D eigenvalue weighted by atomic mass is 127. The minimum absolute atomic E-state index is 0. The predicted octanol–water partition coefficient (Wildman–Crippen LogP) is 3.54. The van der Waals surface area contributed by atoms with E-state index < -0.39 is 0 Å². The van der Waals surface area contributed by atoms with Crippen LogP contribution in [0.2, 0.25) is 0 Å². The maximum Gasteiger partial charge on any atom is 0.251 e. The van der Waals surface area contributed by atoms with Gasteiger partial charge >= 0.3 is 0 Å². The Morgan fingerprint density at radius 1 is 1.16 bits per heavy atom. The number of hydrogen-bond acceptors (Lipinski definition) is 2. The number of aliphatic imine (C=N–C) groups is 1. The summed E-state index contributed by atoms with van der Waals surface area (Å²) in [7, 11) is 0. The molecule has 142 valence electrons. The van der Waals surface area contributed by atoms with Crippen LogP contribution >= 0.6 is 24.0 Å². The Morgan fingerprint density at radius 2 is 1.88 bits per heavy atom. The third-order valence-corrected chi connectivity index (χ3v) is 3.62. The lowest BCUT2D eigenvalue weighted by molar-refractivity contribution is 0.0939. The van der Waals surface area contributed by atoms with E-state index in [0.717, 1.165) is 31.0 Å². The summed E-state index contributed by atoms with van der Waals surface area (Å²) in [5.41, 5.74) is 1.71. The molecule has 0 aliphatic carbocycles. The summed E-state index contributed by atoms with van der Waals surface area (Å²) in [6.07, 6.45) is 0.920. The molecule has 1 unspecified atom stereocenters. The number of hydrogen-bond donors (Lipinski definition) is 3. The van der Waals surface area contributed by atoms with Gasteiger partial charge in [0.15, 0.2) is 5.96 Å². The quantitative estimate of drug-likeness (QED) is 0.316. The Hall–Kier alpha value is -1.31. The van der Waals surface area contributed by atoms with Gasteiger partial charge in [0, 0.05) is 24.7 Å². The van der Waals surface area contributed by atoms with Crippen molar-refractivity contribution in [2.45, 2.75) is 53.6 Å². The number of carbonyl (C=O) groups excluding carboxylic acids is 1. The van der Waals surface area contributed by atoms with Gasteiger partial charge in [0.1, 0.15) is 0 Å². The standard InChI is InChI=1S/C19H32N4O.HI/c1-6-15(5)23-18(24)17-10-8-9-16(11-17)13-22-19(20-7-2)21-12-14(3)4;/h8-11,14-15H,6-7,12-13H2,1-5H3,(H,23,24)(H2,20,21,22);1H. The Morgan fingerprint density at radius 3 is 2.48 bits per heavy atom. The van der Waals surface area contributed by atoms with Gasteiger partial charge in [-0.1, -0.05) is 32.9 Å². The van der Waals surface area contributed by atoms with Gasteiger partial charge in [0.05, 0.1) is 6.54 Å². The summed E-state index contributed by atoms with van der Waals surface area (Å²) < 4.78 is 0. The zero-order valence-corrected chi connectivity index (χ0v) is 18.4. The molecule has 1 rings (SSSR count). The highest BCUT2D eigenvalue weighted by molar-refractivity contribution is 14.0. The van der Waals surface area contributed by atoms with E-state index in [1.165, 1.54) is 0 Å². The van der Waals surface area contributed by atoms with E-state index in [4.69, 9.17) is 0 Å². The fourth-order valence-electron chi connectivity index (χ4n) is 2.03. The van der Waals surface area contributed by atoms with E-state index in [0.29, 0.717) is 18.0 Å². The van der Waals surface area contributed by atoms with Crippen LogP contribution in [0.3, 0.4) is 0 Å². The van der Waals surface area contributed by atoms with Crippen molar-refractivity contribution in [3.8, 4) is 0 Å². The summed E-state index contributed by atoms with van der Waals surface area (Å²) in [6, 6.07) is 7.83. The number of halogens is 1. The van der Waals surface area contributed by atoms with Crippen LogP contribution in [0, 0.1) is 5.92 Å². The van der Waals surface area contributed by atoms with Crippen molar-refractivity contribution >= 4 is 35.8 Å².